The summed E-state index contributed by atoms with van der Waals surface area (Å²) in [5.74, 6) is -0.333. The van der Waals surface area contributed by atoms with Crippen molar-refractivity contribution in [1.82, 2.24) is 8.96 Å². The predicted octanol–water partition coefficient (Wildman–Crippen LogP) is 4.62. The third-order valence-corrected chi connectivity index (χ3v) is 7.98. The number of carbonyl (C=O) groups excluding carboxylic acids is 2. The van der Waals surface area contributed by atoms with Crippen LogP contribution in [0.3, 0.4) is 0 Å². The number of fused-ring (bicyclic) bond motifs is 1. The quantitative estimate of drug-likeness (QED) is 0.310. The number of nitrogens with one attached hydrogen (secondary N) is 2. The number of para-hydroxylation sites is 2. The number of hydrogen-bond acceptors (Lipinski definition) is 7. The maximum absolute atomic E-state index is 13.6. The summed E-state index contributed by atoms with van der Waals surface area (Å²) < 4.78 is 33.6. The van der Waals surface area contributed by atoms with Crippen LogP contribution in [0.5, 0.6) is 5.75 Å². The van der Waals surface area contributed by atoms with Crippen molar-refractivity contribution in [2.45, 2.75) is 17.0 Å². The first-order valence-electron chi connectivity index (χ1n) is 10.6. The van der Waals surface area contributed by atoms with E-state index >= 15 is 0 Å². The molecule has 12 heteroatoms. The molecule has 1 aromatic heterocycles. The Kier molecular flexibility index (Phi) is 7.53. The molecule has 2 N–H and O–H groups in total. The molecule has 0 spiro atoms. The molecule has 0 aliphatic carbocycles. The summed E-state index contributed by atoms with van der Waals surface area (Å²) in [6.07, 6.45) is 0. The summed E-state index contributed by atoms with van der Waals surface area (Å²) in [6, 6.07) is 17.5. The molecule has 36 heavy (non-hydrogen) atoms. The van der Waals surface area contributed by atoms with Gasteiger partial charge >= 0.3 is 0 Å². The van der Waals surface area contributed by atoms with Crippen LogP contribution in [-0.2, 0) is 19.6 Å². The largest absolute Gasteiger partial charge is 0.495 e. The lowest BCUT2D eigenvalue weighted by atomic mass is 10.3. The summed E-state index contributed by atoms with van der Waals surface area (Å²) in [5, 5.41) is 5.89. The van der Waals surface area contributed by atoms with E-state index in [1.165, 1.54) is 38.3 Å². The van der Waals surface area contributed by atoms with Gasteiger partial charge in [-0.3, -0.25) is 9.59 Å². The monoisotopic (exact) mass is 544 g/mol. The number of carbonyl (C=O) groups is 2. The molecule has 0 aliphatic heterocycles. The number of thioether (sulfide) groups is 1. The second kappa shape index (κ2) is 10.6. The topological polar surface area (TPSA) is 119 Å². The second-order valence-corrected chi connectivity index (χ2v) is 10.7. The number of anilines is 2. The Morgan fingerprint density at radius 2 is 1.78 bits per heavy atom. The first-order valence-corrected chi connectivity index (χ1v) is 13.4. The summed E-state index contributed by atoms with van der Waals surface area (Å²) in [6.45, 7) is 1.37. The van der Waals surface area contributed by atoms with Crippen LogP contribution in [0, 0.1) is 0 Å². The summed E-state index contributed by atoms with van der Waals surface area (Å²) in [4.78, 5) is 28.4. The highest BCUT2D eigenvalue weighted by molar-refractivity contribution is 8.00. The molecular formula is C24H21ClN4O5S2. The maximum Gasteiger partial charge on any atom is 0.270 e. The van der Waals surface area contributed by atoms with E-state index in [-0.39, 0.29) is 21.7 Å². The van der Waals surface area contributed by atoms with Gasteiger partial charge in [0.15, 0.2) is 5.16 Å². The highest BCUT2D eigenvalue weighted by Crippen LogP contribution is 2.31. The van der Waals surface area contributed by atoms with Crippen LogP contribution in [0.2, 0.25) is 5.02 Å². The van der Waals surface area contributed by atoms with Crippen molar-refractivity contribution in [3.8, 4) is 5.75 Å². The SMILES string of the molecule is COc1ccc(Cl)cc1NC(=O)CSc1nc2ccccc2n1S(=O)(=O)c1ccc(NC(C)=O)cc1. The lowest BCUT2D eigenvalue weighted by Gasteiger charge is -2.12. The number of methoxy groups -OCH3 is 1. The molecule has 186 valence electrons. The molecule has 0 unspecified atom stereocenters. The van der Waals surface area contributed by atoms with Crippen LogP contribution in [0.1, 0.15) is 6.92 Å². The van der Waals surface area contributed by atoms with Gasteiger partial charge in [0.25, 0.3) is 10.0 Å². The van der Waals surface area contributed by atoms with Crippen molar-refractivity contribution in [1.29, 1.82) is 0 Å². The van der Waals surface area contributed by atoms with E-state index in [0.717, 1.165) is 15.7 Å². The number of ether oxygens (including phenoxy) is 1. The Morgan fingerprint density at radius 3 is 2.47 bits per heavy atom. The smallest absolute Gasteiger partial charge is 0.270 e. The van der Waals surface area contributed by atoms with Gasteiger partial charge in [0, 0.05) is 17.6 Å². The third-order valence-electron chi connectivity index (χ3n) is 4.97. The van der Waals surface area contributed by atoms with Crippen LogP contribution in [0.25, 0.3) is 11.0 Å². The normalized spacial score (nSPS) is 11.3. The van der Waals surface area contributed by atoms with Gasteiger partial charge in [-0.1, -0.05) is 35.5 Å². The zero-order valence-electron chi connectivity index (χ0n) is 19.2. The number of nitrogens with zero attached hydrogens (tertiary/aromatic N) is 2. The van der Waals surface area contributed by atoms with E-state index in [4.69, 9.17) is 16.3 Å². The van der Waals surface area contributed by atoms with Crippen molar-refractivity contribution in [3.63, 3.8) is 0 Å². The maximum atomic E-state index is 13.6. The number of benzene rings is 3. The average Bonchev–Trinajstić information content (AvgIpc) is 3.22. The minimum Gasteiger partial charge on any atom is -0.495 e. The Morgan fingerprint density at radius 1 is 1.06 bits per heavy atom. The van der Waals surface area contributed by atoms with Gasteiger partial charge in [0.1, 0.15) is 5.75 Å². The Hall–Kier alpha value is -3.54. The molecule has 2 amide bonds. The highest BCUT2D eigenvalue weighted by atomic mass is 35.5. The molecule has 0 saturated carbocycles. The van der Waals surface area contributed by atoms with Crippen molar-refractivity contribution in [3.05, 3.63) is 71.8 Å². The number of rotatable bonds is 8. The summed E-state index contributed by atoms with van der Waals surface area (Å²) >= 11 is 7.01. The fourth-order valence-electron chi connectivity index (χ4n) is 3.42. The molecule has 0 fully saturated rings. The van der Waals surface area contributed by atoms with Gasteiger partial charge in [-0.2, -0.15) is 0 Å². The number of amides is 2. The molecule has 0 aliphatic rings. The minimum atomic E-state index is -4.07. The Labute approximate surface area is 216 Å². The lowest BCUT2D eigenvalue weighted by Crippen LogP contribution is -2.17. The Bertz CT molecular complexity index is 1550. The van der Waals surface area contributed by atoms with E-state index in [9.17, 15) is 18.0 Å². The zero-order valence-corrected chi connectivity index (χ0v) is 21.6. The van der Waals surface area contributed by atoms with Gasteiger partial charge in [-0.25, -0.2) is 17.4 Å². The average molecular weight is 545 g/mol. The van der Waals surface area contributed by atoms with E-state index in [0.29, 0.717) is 33.2 Å². The molecule has 0 saturated heterocycles. The third kappa shape index (κ3) is 5.48. The second-order valence-electron chi connectivity index (χ2n) is 7.54. The van der Waals surface area contributed by atoms with Gasteiger partial charge in [-0.15, -0.1) is 0 Å². The van der Waals surface area contributed by atoms with Gasteiger partial charge < -0.3 is 15.4 Å². The number of hydrogen-bond donors (Lipinski definition) is 2. The van der Waals surface area contributed by atoms with E-state index in [1.54, 1.807) is 42.5 Å². The molecule has 0 bridgehead atoms. The molecular weight excluding hydrogens is 524 g/mol. The highest BCUT2D eigenvalue weighted by Gasteiger charge is 2.25. The van der Waals surface area contributed by atoms with Gasteiger partial charge in [0.05, 0.1) is 34.5 Å². The molecule has 0 atom stereocenters. The zero-order chi connectivity index (χ0) is 25.9. The standard InChI is InChI=1S/C24H21ClN4O5S2/c1-15(30)26-17-8-10-18(11-9-17)36(32,33)29-21-6-4-3-5-19(21)28-24(29)35-14-23(31)27-20-13-16(25)7-12-22(20)34-2/h3-13H,14H2,1-2H3,(H,26,30)(H,27,31). The van der Waals surface area contributed by atoms with Crippen LogP contribution in [0.15, 0.2) is 76.8 Å². The van der Waals surface area contributed by atoms with E-state index in [1.807, 2.05) is 0 Å². The van der Waals surface area contributed by atoms with Crippen molar-refractivity contribution >= 4 is 67.6 Å². The van der Waals surface area contributed by atoms with Gasteiger partial charge in [0.2, 0.25) is 11.8 Å². The number of halogens is 1. The molecule has 4 rings (SSSR count). The van der Waals surface area contributed by atoms with E-state index < -0.39 is 15.9 Å². The van der Waals surface area contributed by atoms with Gasteiger partial charge in [-0.05, 0) is 54.6 Å². The van der Waals surface area contributed by atoms with Crippen LogP contribution < -0.4 is 15.4 Å². The lowest BCUT2D eigenvalue weighted by molar-refractivity contribution is -0.114. The summed E-state index contributed by atoms with van der Waals surface area (Å²) in [7, 11) is -2.59. The predicted molar refractivity (Wildman–Crippen MR) is 140 cm³/mol. The first kappa shape index (κ1) is 25.5. The van der Waals surface area contributed by atoms with Crippen LogP contribution >= 0.6 is 23.4 Å². The minimum absolute atomic E-state index is 0.00900. The molecule has 1 heterocycles. The van der Waals surface area contributed by atoms with E-state index in [2.05, 4.69) is 15.6 Å². The molecule has 0 radical (unpaired) electrons. The van der Waals surface area contributed by atoms with Crippen molar-refractivity contribution in [2.75, 3.05) is 23.5 Å². The molecule has 9 nitrogen and oxygen atoms in total. The molecule has 3 aromatic carbocycles. The van der Waals surface area contributed by atoms with Crippen molar-refractivity contribution < 1.29 is 22.7 Å². The Balaban J connectivity index is 1.63. The number of imidazole rings is 1. The first-order chi connectivity index (χ1) is 17.2. The molecule has 4 aromatic rings. The van der Waals surface area contributed by atoms with Crippen LogP contribution in [-0.4, -0.2) is 42.1 Å². The number of aromatic nitrogens is 2. The fourth-order valence-corrected chi connectivity index (χ4v) is 6.10. The van der Waals surface area contributed by atoms with Crippen LogP contribution in [0.4, 0.5) is 11.4 Å². The summed E-state index contributed by atoms with van der Waals surface area (Å²) in [5.41, 5.74) is 1.72. The van der Waals surface area contributed by atoms with Crippen molar-refractivity contribution in [2.24, 2.45) is 0 Å². The fraction of sp³-hybridized carbons (Fsp3) is 0.125.